The highest BCUT2D eigenvalue weighted by atomic mass is 15.2. The lowest BCUT2D eigenvalue weighted by Gasteiger charge is -2.42. The van der Waals surface area contributed by atoms with Crippen molar-refractivity contribution in [1.29, 1.82) is 0 Å². The Morgan fingerprint density at radius 1 is 1.29 bits per heavy atom. The molecule has 2 heteroatoms. The normalized spacial score (nSPS) is 30.2. The second-order valence-electron chi connectivity index (χ2n) is 6.55. The first-order chi connectivity index (χ1) is 8.00. The minimum absolute atomic E-state index is 0.439. The fraction of sp³-hybridized carbons (Fsp3) is 1.00. The van der Waals surface area contributed by atoms with Crippen molar-refractivity contribution in [3.05, 3.63) is 0 Å². The summed E-state index contributed by atoms with van der Waals surface area (Å²) in [6, 6.07) is 0.777. The summed E-state index contributed by atoms with van der Waals surface area (Å²) in [5.74, 6) is 0.881. The summed E-state index contributed by atoms with van der Waals surface area (Å²) >= 11 is 0. The molecule has 0 amide bonds. The van der Waals surface area contributed by atoms with Gasteiger partial charge in [-0.15, -0.1) is 0 Å². The third-order valence-electron chi connectivity index (χ3n) is 4.29. The van der Waals surface area contributed by atoms with Crippen molar-refractivity contribution in [2.24, 2.45) is 11.3 Å². The van der Waals surface area contributed by atoms with Crippen molar-refractivity contribution < 1.29 is 0 Å². The Morgan fingerprint density at radius 2 is 2.00 bits per heavy atom. The van der Waals surface area contributed by atoms with E-state index >= 15 is 0 Å². The number of rotatable bonds is 6. The Kier molecular flexibility index (Phi) is 5.94. The predicted octanol–water partition coefficient (Wildman–Crippen LogP) is 3.13. The zero-order chi connectivity index (χ0) is 12.9. The molecule has 17 heavy (non-hydrogen) atoms. The quantitative estimate of drug-likeness (QED) is 0.767. The molecule has 0 aromatic heterocycles. The first kappa shape index (κ1) is 15.0. The maximum Gasteiger partial charge on any atom is 0.00673 e. The molecular weight excluding hydrogens is 208 g/mol. The molecule has 0 radical (unpaired) electrons. The van der Waals surface area contributed by atoms with Crippen molar-refractivity contribution in [1.82, 2.24) is 10.2 Å². The molecule has 1 fully saturated rings. The molecule has 0 aromatic rings. The number of nitrogens with one attached hydrogen (secondary N) is 1. The fourth-order valence-corrected chi connectivity index (χ4v) is 3.34. The van der Waals surface area contributed by atoms with Crippen LogP contribution >= 0.6 is 0 Å². The van der Waals surface area contributed by atoms with Gasteiger partial charge in [0.1, 0.15) is 0 Å². The van der Waals surface area contributed by atoms with Gasteiger partial charge in [-0.1, -0.05) is 27.2 Å². The van der Waals surface area contributed by atoms with Crippen molar-refractivity contribution in [3.8, 4) is 0 Å². The molecule has 1 saturated heterocycles. The van der Waals surface area contributed by atoms with Gasteiger partial charge in [-0.2, -0.15) is 0 Å². The van der Waals surface area contributed by atoms with Crippen LogP contribution < -0.4 is 5.32 Å². The monoisotopic (exact) mass is 240 g/mol. The molecule has 1 N–H and O–H groups in total. The number of hydrogen-bond donors (Lipinski definition) is 1. The van der Waals surface area contributed by atoms with Crippen molar-refractivity contribution in [2.75, 3.05) is 26.7 Å². The van der Waals surface area contributed by atoms with E-state index in [1.807, 2.05) is 0 Å². The van der Waals surface area contributed by atoms with Crippen molar-refractivity contribution in [3.63, 3.8) is 0 Å². The van der Waals surface area contributed by atoms with Gasteiger partial charge in [0.2, 0.25) is 0 Å². The lowest BCUT2D eigenvalue weighted by Crippen LogP contribution is -2.48. The molecule has 1 rings (SSSR count). The van der Waals surface area contributed by atoms with Crippen LogP contribution in [-0.4, -0.2) is 37.6 Å². The molecule has 1 aliphatic heterocycles. The van der Waals surface area contributed by atoms with Crippen molar-refractivity contribution >= 4 is 0 Å². The number of nitrogens with zero attached hydrogens (tertiary/aromatic N) is 1. The van der Waals surface area contributed by atoms with Gasteiger partial charge in [-0.3, -0.25) is 4.90 Å². The molecule has 0 aromatic carbocycles. The second-order valence-corrected chi connectivity index (χ2v) is 6.55. The van der Waals surface area contributed by atoms with Crippen LogP contribution in [0.4, 0.5) is 0 Å². The number of likely N-dealkylation sites (tertiary alicyclic amines) is 1. The van der Waals surface area contributed by atoms with Crippen molar-refractivity contribution in [2.45, 2.75) is 59.4 Å². The van der Waals surface area contributed by atoms with Gasteiger partial charge in [0.25, 0.3) is 0 Å². The van der Waals surface area contributed by atoms with Gasteiger partial charge >= 0.3 is 0 Å². The molecule has 0 aliphatic carbocycles. The summed E-state index contributed by atoms with van der Waals surface area (Å²) in [5, 5.41) is 3.38. The highest BCUT2D eigenvalue weighted by Crippen LogP contribution is 2.29. The van der Waals surface area contributed by atoms with E-state index in [2.05, 4.69) is 45.0 Å². The molecule has 3 atom stereocenters. The first-order valence-corrected chi connectivity index (χ1v) is 7.39. The van der Waals surface area contributed by atoms with E-state index in [1.165, 1.54) is 38.8 Å². The number of hydrogen-bond acceptors (Lipinski definition) is 2. The average molecular weight is 240 g/mol. The maximum absolute atomic E-state index is 3.38. The second kappa shape index (κ2) is 6.75. The third-order valence-corrected chi connectivity index (χ3v) is 4.29. The van der Waals surface area contributed by atoms with Crippen LogP contribution in [0.5, 0.6) is 0 Å². The lowest BCUT2D eigenvalue weighted by atomic mass is 9.83. The van der Waals surface area contributed by atoms with Gasteiger partial charge in [0.15, 0.2) is 0 Å². The van der Waals surface area contributed by atoms with E-state index in [-0.39, 0.29) is 0 Å². The summed E-state index contributed by atoms with van der Waals surface area (Å²) in [6.07, 6.45) is 5.40. The zero-order valence-corrected chi connectivity index (χ0v) is 12.6. The van der Waals surface area contributed by atoms with Crippen LogP contribution in [0, 0.1) is 11.3 Å². The van der Waals surface area contributed by atoms with Crippen LogP contribution in [0.1, 0.15) is 53.4 Å². The Labute approximate surface area is 108 Å². The van der Waals surface area contributed by atoms with E-state index in [9.17, 15) is 0 Å². The lowest BCUT2D eigenvalue weighted by molar-refractivity contribution is 0.0692. The standard InChI is InChI=1S/C15H32N2/c1-6-9-15(4,11-16-5)12-17-10-13(2)7-8-14(17)3/h13-14,16H,6-12H2,1-5H3. The molecule has 1 aliphatic rings. The van der Waals surface area contributed by atoms with E-state index in [4.69, 9.17) is 0 Å². The Bertz CT molecular complexity index is 209. The molecule has 102 valence electrons. The van der Waals surface area contributed by atoms with Gasteiger partial charge in [0, 0.05) is 25.7 Å². The van der Waals surface area contributed by atoms with Gasteiger partial charge in [-0.25, -0.2) is 0 Å². The van der Waals surface area contributed by atoms with Gasteiger partial charge in [-0.05, 0) is 44.6 Å². The van der Waals surface area contributed by atoms with E-state index in [0.29, 0.717) is 5.41 Å². The predicted molar refractivity (Wildman–Crippen MR) is 76.4 cm³/mol. The third kappa shape index (κ3) is 4.59. The summed E-state index contributed by atoms with van der Waals surface area (Å²) in [4.78, 5) is 2.72. The van der Waals surface area contributed by atoms with Crippen LogP contribution in [0.15, 0.2) is 0 Å². The number of piperidine rings is 1. The maximum atomic E-state index is 3.38. The minimum Gasteiger partial charge on any atom is -0.319 e. The summed E-state index contributed by atoms with van der Waals surface area (Å²) < 4.78 is 0. The Hall–Kier alpha value is -0.0800. The van der Waals surface area contributed by atoms with E-state index < -0.39 is 0 Å². The smallest absolute Gasteiger partial charge is 0.00673 e. The summed E-state index contributed by atoms with van der Waals surface area (Å²) in [6.45, 7) is 13.2. The highest BCUT2D eigenvalue weighted by molar-refractivity contribution is 4.85. The summed E-state index contributed by atoms with van der Waals surface area (Å²) in [7, 11) is 2.08. The fourth-order valence-electron chi connectivity index (χ4n) is 3.34. The SMILES string of the molecule is CCCC(C)(CNC)CN1CC(C)CCC1C. The average Bonchev–Trinajstić information content (AvgIpc) is 2.24. The largest absolute Gasteiger partial charge is 0.319 e. The molecule has 1 heterocycles. The van der Waals surface area contributed by atoms with Gasteiger partial charge < -0.3 is 5.32 Å². The highest BCUT2D eigenvalue weighted by Gasteiger charge is 2.30. The Morgan fingerprint density at radius 3 is 2.59 bits per heavy atom. The van der Waals surface area contributed by atoms with Crippen LogP contribution in [0.25, 0.3) is 0 Å². The van der Waals surface area contributed by atoms with Crippen LogP contribution in [-0.2, 0) is 0 Å². The minimum atomic E-state index is 0.439. The van der Waals surface area contributed by atoms with Crippen LogP contribution in [0.2, 0.25) is 0 Å². The van der Waals surface area contributed by atoms with Crippen LogP contribution in [0.3, 0.4) is 0 Å². The molecule has 2 nitrogen and oxygen atoms in total. The topological polar surface area (TPSA) is 15.3 Å². The van der Waals surface area contributed by atoms with Gasteiger partial charge in [0.05, 0.1) is 0 Å². The molecule has 3 unspecified atom stereocenters. The molecular formula is C15H32N2. The first-order valence-electron chi connectivity index (χ1n) is 7.39. The summed E-state index contributed by atoms with van der Waals surface area (Å²) in [5.41, 5.74) is 0.439. The molecule has 0 spiro atoms. The molecule has 0 saturated carbocycles. The van der Waals surface area contributed by atoms with E-state index in [1.54, 1.807) is 0 Å². The Balaban J connectivity index is 2.58. The van der Waals surface area contributed by atoms with E-state index in [0.717, 1.165) is 18.5 Å². The molecule has 0 bridgehead atoms. The zero-order valence-electron chi connectivity index (χ0n) is 12.6.